The zero-order chi connectivity index (χ0) is 17.5. The Hall–Kier alpha value is -3.58. The minimum Gasteiger partial charge on any atom is -0.496 e. The number of methoxy groups -OCH3 is 1. The molecule has 2 aromatic rings. The van der Waals surface area contributed by atoms with Crippen molar-refractivity contribution < 1.29 is 14.5 Å². The maximum atomic E-state index is 10.9. The molecule has 2 aromatic carbocycles. The first-order chi connectivity index (χ1) is 11.5. The number of azide groups is 1. The molecule has 2 rings (SSSR count). The van der Waals surface area contributed by atoms with E-state index in [-0.39, 0.29) is 17.1 Å². The Morgan fingerprint density at radius 2 is 2.04 bits per heavy atom. The Morgan fingerprint density at radius 3 is 2.71 bits per heavy atom. The number of nitro groups is 1. The van der Waals surface area contributed by atoms with Gasteiger partial charge in [0.2, 0.25) is 0 Å². The standard InChI is InChI=1S/C15H13N5O4/c1-10(14-5-3-4-6-15(14)23-2)18-24-13-8-11(17-19-16)7-12(9-13)20(21)22/h3-9H,1-2H3. The smallest absolute Gasteiger partial charge is 0.273 e. The summed E-state index contributed by atoms with van der Waals surface area (Å²) < 4.78 is 5.24. The van der Waals surface area contributed by atoms with Gasteiger partial charge in [-0.1, -0.05) is 22.4 Å². The second kappa shape index (κ2) is 7.61. The molecule has 24 heavy (non-hydrogen) atoms. The van der Waals surface area contributed by atoms with Crippen LogP contribution in [-0.2, 0) is 0 Å². The number of hydrogen-bond acceptors (Lipinski definition) is 6. The molecule has 122 valence electrons. The van der Waals surface area contributed by atoms with Gasteiger partial charge in [-0.25, -0.2) is 0 Å². The average molecular weight is 327 g/mol. The van der Waals surface area contributed by atoms with E-state index in [0.29, 0.717) is 11.5 Å². The van der Waals surface area contributed by atoms with E-state index in [4.69, 9.17) is 15.1 Å². The van der Waals surface area contributed by atoms with Crippen molar-refractivity contribution in [1.29, 1.82) is 0 Å². The van der Waals surface area contributed by atoms with Crippen LogP contribution in [0.1, 0.15) is 12.5 Å². The van der Waals surface area contributed by atoms with Gasteiger partial charge in [0.1, 0.15) is 5.75 Å². The molecule has 0 aliphatic rings. The Labute approximate surface area is 136 Å². The SMILES string of the molecule is COc1ccccc1C(C)=NOc1cc(N=[N+]=[N-])cc([N+](=O)[O-])c1. The molecule has 0 aliphatic heterocycles. The Balaban J connectivity index is 2.33. The van der Waals surface area contributed by atoms with Crippen LogP contribution in [0.5, 0.6) is 11.5 Å². The number of hydrogen-bond donors (Lipinski definition) is 0. The molecule has 0 saturated heterocycles. The van der Waals surface area contributed by atoms with Crippen molar-refractivity contribution >= 4 is 17.1 Å². The van der Waals surface area contributed by atoms with Crippen molar-refractivity contribution in [3.05, 3.63) is 68.6 Å². The molecular weight excluding hydrogens is 314 g/mol. The third-order valence-corrected chi connectivity index (χ3v) is 3.03. The molecule has 0 aromatic heterocycles. The summed E-state index contributed by atoms with van der Waals surface area (Å²) >= 11 is 0. The summed E-state index contributed by atoms with van der Waals surface area (Å²) in [6, 6.07) is 10.9. The lowest BCUT2D eigenvalue weighted by molar-refractivity contribution is -0.384. The second-order valence-corrected chi connectivity index (χ2v) is 4.60. The molecule has 0 spiro atoms. The summed E-state index contributed by atoms with van der Waals surface area (Å²) in [6.07, 6.45) is 0. The highest BCUT2D eigenvalue weighted by Crippen LogP contribution is 2.28. The Kier molecular flexibility index (Phi) is 5.32. The first kappa shape index (κ1) is 16.8. The van der Waals surface area contributed by atoms with E-state index in [2.05, 4.69) is 15.2 Å². The summed E-state index contributed by atoms with van der Waals surface area (Å²) in [4.78, 5) is 18.2. The molecule has 9 nitrogen and oxygen atoms in total. The van der Waals surface area contributed by atoms with Gasteiger partial charge in [0.15, 0.2) is 5.75 Å². The van der Waals surface area contributed by atoms with E-state index in [9.17, 15) is 10.1 Å². The average Bonchev–Trinajstić information content (AvgIpc) is 2.59. The van der Waals surface area contributed by atoms with Crippen molar-refractivity contribution in [2.24, 2.45) is 10.3 Å². The lowest BCUT2D eigenvalue weighted by Crippen LogP contribution is -2.01. The summed E-state index contributed by atoms with van der Waals surface area (Å²) in [5, 5.41) is 18.2. The van der Waals surface area contributed by atoms with Gasteiger partial charge in [-0.15, -0.1) is 0 Å². The summed E-state index contributed by atoms with van der Waals surface area (Å²) in [5.74, 6) is 0.706. The number of ether oxygens (including phenoxy) is 1. The number of benzene rings is 2. The molecular formula is C15H13N5O4. The van der Waals surface area contributed by atoms with Crippen molar-refractivity contribution in [3.63, 3.8) is 0 Å². The summed E-state index contributed by atoms with van der Waals surface area (Å²) in [6.45, 7) is 1.71. The zero-order valence-corrected chi connectivity index (χ0v) is 12.9. The lowest BCUT2D eigenvalue weighted by Gasteiger charge is -2.07. The summed E-state index contributed by atoms with van der Waals surface area (Å²) in [7, 11) is 1.54. The van der Waals surface area contributed by atoms with Crippen molar-refractivity contribution in [1.82, 2.24) is 0 Å². The maximum absolute atomic E-state index is 10.9. The number of para-hydroxylation sites is 1. The van der Waals surface area contributed by atoms with Gasteiger partial charge in [-0.2, -0.15) is 0 Å². The number of oxime groups is 1. The van der Waals surface area contributed by atoms with Gasteiger partial charge in [-0.3, -0.25) is 10.1 Å². The number of rotatable bonds is 6. The molecule has 0 aliphatic carbocycles. The quantitative estimate of drug-likeness (QED) is 0.195. The molecule has 0 radical (unpaired) electrons. The number of nitro benzene ring substituents is 1. The predicted molar refractivity (Wildman–Crippen MR) is 87.7 cm³/mol. The molecule has 0 bridgehead atoms. The van der Waals surface area contributed by atoms with Crippen molar-refractivity contribution in [2.75, 3.05) is 7.11 Å². The van der Waals surface area contributed by atoms with Gasteiger partial charge in [0.05, 0.1) is 23.8 Å². The minimum atomic E-state index is -0.611. The fourth-order valence-corrected chi connectivity index (χ4v) is 1.95. The number of nitrogens with zero attached hydrogens (tertiary/aromatic N) is 5. The fraction of sp³-hybridized carbons (Fsp3) is 0.133. The zero-order valence-electron chi connectivity index (χ0n) is 12.9. The number of non-ortho nitro benzene ring substituents is 1. The van der Waals surface area contributed by atoms with Crippen LogP contribution >= 0.6 is 0 Å². The summed E-state index contributed by atoms with van der Waals surface area (Å²) in [5.41, 5.74) is 9.51. The van der Waals surface area contributed by atoms with Gasteiger partial charge in [0, 0.05) is 22.2 Å². The third-order valence-electron chi connectivity index (χ3n) is 3.03. The molecule has 0 unspecified atom stereocenters. The van der Waals surface area contributed by atoms with Gasteiger partial charge >= 0.3 is 0 Å². The van der Waals surface area contributed by atoms with E-state index in [1.165, 1.54) is 12.1 Å². The molecule has 0 heterocycles. The maximum Gasteiger partial charge on any atom is 0.273 e. The van der Waals surface area contributed by atoms with E-state index in [1.54, 1.807) is 26.2 Å². The molecule has 0 atom stereocenters. The fourth-order valence-electron chi connectivity index (χ4n) is 1.95. The highest BCUT2D eigenvalue weighted by molar-refractivity contribution is 6.00. The monoisotopic (exact) mass is 327 g/mol. The first-order valence-electron chi connectivity index (χ1n) is 6.74. The highest BCUT2D eigenvalue weighted by Gasteiger charge is 2.11. The van der Waals surface area contributed by atoms with Gasteiger partial charge in [0.25, 0.3) is 5.69 Å². The van der Waals surface area contributed by atoms with Crippen LogP contribution < -0.4 is 9.57 Å². The molecule has 0 saturated carbocycles. The normalized spacial score (nSPS) is 10.7. The van der Waals surface area contributed by atoms with Gasteiger partial charge in [-0.05, 0) is 30.7 Å². The predicted octanol–water partition coefficient (Wildman–Crippen LogP) is 4.35. The van der Waals surface area contributed by atoms with Crippen molar-refractivity contribution in [2.45, 2.75) is 6.92 Å². The van der Waals surface area contributed by atoms with Crippen LogP contribution in [-0.4, -0.2) is 17.7 Å². The minimum absolute atomic E-state index is 0.0619. The molecule has 9 heteroatoms. The van der Waals surface area contributed by atoms with Crippen LogP contribution in [0, 0.1) is 10.1 Å². The van der Waals surface area contributed by atoms with Crippen LogP contribution in [0.4, 0.5) is 11.4 Å². The van der Waals surface area contributed by atoms with Crippen LogP contribution in [0.15, 0.2) is 52.7 Å². The lowest BCUT2D eigenvalue weighted by atomic mass is 10.1. The van der Waals surface area contributed by atoms with E-state index in [0.717, 1.165) is 11.6 Å². The van der Waals surface area contributed by atoms with Crippen molar-refractivity contribution in [3.8, 4) is 11.5 Å². The Morgan fingerprint density at radius 1 is 1.29 bits per heavy atom. The second-order valence-electron chi connectivity index (χ2n) is 4.60. The Bertz CT molecular complexity index is 823. The highest BCUT2D eigenvalue weighted by atomic mass is 16.6. The van der Waals surface area contributed by atoms with E-state index >= 15 is 0 Å². The first-order valence-corrected chi connectivity index (χ1v) is 6.74. The van der Waals surface area contributed by atoms with Gasteiger partial charge < -0.3 is 9.57 Å². The van der Waals surface area contributed by atoms with Crippen LogP contribution in [0.2, 0.25) is 0 Å². The molecule has 0 amide bonds. The molecule has 0 N–H and O–H groups in total. The molecule has 0 fully saturated rings. The van der Waals surface area contributed by atoms with Crippen LogP contribution in [0.3, 0.4) is 0 Å². The van der Waals surface area contributed by atoms with E-state index in [1.807, 2.05) is 12.1 Å². The third kappa shape index (κ3) is 3.99. The topological polar surface area (TPSA) is 123 Å². The van der Waals surface area contributed by atoms with E-state index < -0.39 is 4.92 Å². The largest absolute Gasteiger partial charge is 0.496 e. The van der Waals surface area contributed by atoms with Crippen LogP contribution in [0.25, 0.3) is 10.4 Å².